The van der Waals surface area contributed by atoms with Crippen LogP contribution in [0, 0.1) is 0 Å². The Morgan fingerprint density at radius 2 is 1.96 bits per heavy atom. The number of ether oxygens (including phenoxy) is 1. The molecule has 3 fully saturated rings. The van der Waals surface area contributed by atoms with E-state index in [4.69, 9.17) is 4.74 Å². The maximum Gasteiger partial charge on any atom is 0.281 e. The van der Waals surface area contributed by atoms with Gasteiger partial charge in [-0.2, -0.15) is 17.0 Å². The van der Waals surface area contributed by atoms with Crippen LogP contribution in [-0.2, 0) is 19.7 Å². The lowest BCUT2D eigenvalue weighted by Crippen LogP contribution is -2.51. The zero-order valence-electron chi connectivity index (χ0n) is 13.8. The summed E-state index contributed by atoms with van der Waals surface area (Å²) in [6.07, 6.45) is 0.691. The van der Waals surface area contributed by atoms with Crippen molar-refractivity contribution in [1.29, 1.82) is 0 Å². The monoisotopic (exact) mass is 351 g/mol. The molecule has 0 unspecified atom stereocenters. The van der Waals surface area contributed by atoms with Crippen LogP contribution in [-0.4, -0.2) is 66.8 Å². The predicted octanol–water partition coefficient (Wildman–Crippen LogP) is 0.567. The standard InChI is InChI=1S/C16H21N3O4S/c1-17(2)24(21,22)18-9-8-16-14(18)10-15(20)19(16)13(11-23-16)12-6-4-3-5-7-12/h3-7,13-14H,8-11H2,1-2H3/t13-,14+,16-/m0/s1. The van der Waals surface area contributed by atoms with Crippen molar-refractivity contribution >= 4 is 16.1 Å². The van der Waals surface area contributed by atoms with Gasteiger partial charge >= 0.3 is 0 Å². The third-order valence-corrected chi connectivity index (χ3v) is 7.30. The lowest BCUT2D eigenvalue weighted by molar-refractivity contribution is -0.138. The van der Waals surface area contributed by atoms with E-state index in [1.807, 2.05) is 30.3 Å². The fraction of sp³-hybridized carbons (Fsp3) is 0.562. The van der Waals surface area contributed by atoms with E-state index < -0.39 is 22.0 Å². The van der Waals surface area contributed by atoms with E-state index in [-0.39, 0.29) is 18.4 Å². The van der Waals surface area contributed by atoms with Gasteiger partial charge in [-0.05, 0) is 5.56 Å². The van der Waals surface area contributed by atoms with Crippen molar-refractivity contribution in [2.24, 2.45) is 0 Å². The van der Waals surface area contributed by atoms with Crippen molar-refractivity contribution < 1.29 is 17.9 Å². The van der Waals surface area contributed by atoms with Gasteiger partial charge in [0.1, 0.15) is 0 Å². The highest BCUT2D eigenvalue weighted by atomic mass is 32.2. The van der Waals surface area contributed by atoms with Crippen molar-refractivity contribution in [2.45, 2.75) is 30.7 Å². The number of carbonyl (C=O) groups is 1. The molecule has 1 aromatic rings. The molecule has 4 rings (SSSR count). The van der Waals surface area contributed by atoms with Crippen LogP contribution in [0.25, 0.3) is 0 Å². The van der Waals surface area contributed by atoms with Gasteiger partial charge in [0.2, 0.25) is 5.91 Å². The summed E-state index contributed by atoms with van der Waals surface area (Å²) < 4.78 is 33.9. The molecule has 7 nitrogen and oxygen atoms in total. The summed E-state index contributed by atoms with van der Waals surface area (Å²) in [6, 6.07) is 9.18. The Morgan fingerprint density at radius 1 is 1.25 bits per heavy atom. The van der Waals surface area contributed by atoms with E-state index in [0.29, 0.717) is 19.6 Å². The molecular weight excluding hydrogens is 330 g/mol. The molecule has 1 spiro atoms. The second-order valence-electron chi connectivity index (χ2n) is 6.72. The summed E-state index contributed by atoms with van der Waals surface area (Å²) in [6.45, 7) is 0.776. The van der Waals surface area contributed by atoms with Crippen LogP contribution in [0.3, 0.4) is 0 Å². The van der Waals surface area contributed by atoms with Crippen molar-refractivity contribution in [3.63, 3.8) is 0 Å². The summed E-state index contributed by atoms with van der Waals surface area (Å²) in [5, 5.41) is 0. The van der Waals surface area contributed by atoms with E-state index in [2.05, 4.69) is 0 Å². The number of amides is 1. The highest BCUT2D eigenvalue weighted by molar-refractivity contribution is 7.86. The van der Waals surface area contributed by atoms with E-state index in [1.165, 1.54) is 22.7 Å². The quantitative estimate of drug-likeness (QED) is 0.798. The summed E-state index contributed by atoms with van der Waals surface area (Å²) in [5.41, 5.74) is 0.206. The molecule has 1 amide bonds. The first-order valence-corrected chi connectivity index (χ1v) is 9.48. The van der Waals surface area contributed by atoms with E-state index in [0.717, 1.165) is 5.56 Å². The van der Waals surface area contributed by atoms with Crippen LogP contribution in [0.4, 0.5) is 0 Å². The van der Waals surface area contributed by atoms with Crippen LogP contribution < -0.4 is 0 Å². The minimum absolute atomic E-state index is 0.0370. The molecule has 24 heavy (non-hydrogen) atoms. The number of hydrogen-bond donors (Lipinski definition) is 0. The second kappa shape index (κ2) is 5.26. The van der Waals surface area contributed by atoms with Crippen molar-refractivity contribution in [3.8, 4) is 0 Å². The molecule has 0 bridgehead atoms. The van der Waals surface area contributed by atoms with Gasteiger partial charge in [0, 0.05) is 33.5 Å². The molecule has 1 aromatic carbocycles. The average molecular weight is 351 g/mol. The van der Waals surface area contributed by atoms with Gasteiger partial charge in [-0.1, -0.05) is 30.3 Å². The van der Waals surface area contributed by atoms with Crippen LogP contribution in [0.1, 0.15) is 24.4 Å². The van der Waals surface area contributed by atoms with Gasteiger partial charge in [-0.3, -0.25) is 4.79 Å². The molecule has 0 saturated carbocycles. The fourth-order valence-electron chi connectivity index (χ4n) is 4.21. The minimum Gasteiger partial charge on any atom is -0.351 e. The maximum absolute atomic E-state index is 12.7. The summed E-state index contributed by atoms with van der Waals surface area (Å²) in [7, 11) is -0.550. The van der Waals surface area contributed by atoms with E-state index in [1.54, 1.807) is 4.90 Å². The van der Waals surface area contributed by atoms with Crippen molar-refractivity contribution in [2.75, 3.05) is 27.2 Å². The van der Waals surface area contributed by atoms with Gasteiger partial charge < -0.3 is 9.64 Å². The van der Waals surface area contributed by atoms with Crippen molar-refractivity contribution in [1.82, 2.24) is 13.5 Å². The minimum atomic E-state index is -3.57. The summed E-state index contributed by atoms with van der Waals surface area (Å²) >= 11 is 0. The maximum atomic E-state index is 12.7. The highest BCUT2D eigenvalue weighted by Crippen LogP contribution is 2.52. The lowest BCUT2D eigenvalue weighted by Gasteiger charge is -2.33. The molecule has 8 heteroatoms. The Hall–Kier alpha value is -1.48. The van der Waals surface area contributed by atoms with Gasteiger partial charge in [0.15, 0.2) is 5.72 Å². The largest absolute Gasteiger partial charge is 0.351 e. The van der Waals surface area contributed by atoms with E-state index >= 15 is 0 Å². The van der Waals surface area contributed by atoms with Crippen molar-refractivity contribution in [3.05, 3.63) is 35.9 Å². The highest BCUT2D eigenvalue weighted by Gasteiger charge is 2.66. The van der Waals surface area contributed by atoms with Crippen LogP contribution >= 0.6 is 0 Å². The molecule has 130 valence electrons. The van der Waals surface area contributed by atoms with Crippen LogP contribution in [0.2, 0.25) is 0 Å². The molecule has 3 saturated heterocycles. The smallest absolute Gasteiger partial charge is 0.281 e. The third kappa shape index (κ3) is 2.00. The summed E-state index contributed by atoms with van der Waals surface area (Å²) in [5.74, 6) is -0.0370. The number of nitrogens with zero attached hydrogens (tertiary/aromatic N) is 3. The van der Waals surface area contributed by atoms with E-state index in [9.17, 15) is 13.2 Å². The number of rotatable bonds is 3. The lowest BCUT2D eigenvalue weighted by atomic mass is 10.0. The Morgan fingerprint density at radius 3 is 2.62 bits per heavy atom. The van der Waals surface area contributed by atoms with Gasteiger partial charge in [-0.15, -0.1) is 0 Å². The second-order valence-corrected chi connectivity index (χ2v) is 8.81. The Balaban J connectivity index is 1.71. The molecule has 3 heterocycles. The third-order valence-electron chi connectivity index (χ3n) is 5.35. The van der Waals surface area contributed by atoms with Gasteiger partial charge in [0.05, 0.1) is 18.7 Å². The molecule has 3 atom stereocenters. The molecule has 0 radical (unpaired) electrons. The molecular formula is C16H21N3O4S. The summed E-state index contributed by atoms with van der Waals surface area (Å²) in [4.78, 5) is 14.5. The first-order valence-electron chi connectivity index (χ1n) is 8.08. The Kier molecular flexibility index (Phi) is 3.51. The zero-order chi connectivity index (χ0) is 17.1. The number of carbonyl (C=O) groups excluding carboxylic acids is 1. The molecule has 3 aliphatic rings. The molecule has 0 N–H and O–H groups in total. The van der Waals surface area contributed by atoms with Gasteiger partial charge in [0.25, 0.3) is 10.2 Å². The predicted molar refractivity (Wildman–Crippen MR) is 87.0 cm³/mol. The zero-order valence-corrected chi connectivity index (χ0v) is 14.6. The Bertz CT molecular complexity index is 767. The van der Waals surface area contributed by atoms with Crippen LogP contribution in [0.5, 0.6) is 0 Å². The molecule has 0 aromatic heterocycles. The average Bonchev–Trinajstić information content (AvgIpc) is 3.17. The number of hydrogen-bond acceptors (Lipinski definition) is 4. The molecule has 0 aliphatic carbocycles. The topological polar surface area (TPSA) is 70.2 Å². The Labute approximate surface area is 142 Å². The first-order chi connectivity index (χ1) is 11.4. The fourth-order valence-corrected chi connectivity index (χ4v) is 5.52. The molecule has 3 aliphatic heterocycles. The first kappa shape index (κ1) is 16.0. The number of benzene rings is 1. The van der Waals surface area contributed by atoms with Crippen LogP contribution in [0.15, 0.2) is 30.3 Å². The normalized spacial score (nSPS) is 33.3. The SMILES string of the molecule is CN(C)S(=O)(=O)N1CC[C@@]23OC[C@@H](c4ccccc4)N2C(=O)C[C@@H]13. The van der Waals surface area contributed by atoms with Gasteiger partial charge in [-0.25, -0.2) is 0 Å².